The van der Waals surface area contributed by atoms with Crippen molar-refractivity contribution in [3.63, 3.8) is 0 Å². The molecule has 1 fully saturated rings. The highest BCUT2D eigenvalue weighted by Gasteiger charge is 2.30. The second-order valence-electron chi connectivity index (χ2n) is 5.73. The molecule has 2 unspecified atom stereocenters. The second kappa shape index (κ2) is 13.4. The van der Waals surface area contributed by atoms with Crippen LogP contribution in [0, 0.1) is 0 Å². The lowest BCUT2D eigenvalue weighted by Gasteiger charge is -2.37. The third-order valence-corrected chi connectivity index (χ3v) is 3.96. The molecule has 8 heteroatoms. The minimum Gasteiger partial charge on any atom is -0.379 e. The van der Waals surface area contributed by atoms with Crippen molar-refractivity contribution in [2.24, 2.45) is 5.73 Å². The first-order valence-corrected chi connectivity index (χ1v) is 8.56. The number of carbonyl (C=O) groups excluding carboxylic acids is 2. The number of halogens is 1. The molecule has 0 aliphatic carbocycles. The Kier molecular flexibility index (Phi) is 12.9. The van der Waals surface area contributed by atoms with E-state index in [1.807, 2.05) is 11.8 Å². The first-order chi connectivity index (χ1) is 11.1. The Morgan fingerprint density at radius 2 is 2.08 bits per heavy atom. The molecule has 0 bridgehead atoms. The van der Waals surface area contributed by atoms with Gasteiger partial charge in [-0.15, -0.1) is 12.4 Å². The molecule has 0 radical (unpaired) electrons. The van der Waals surface area contributed by atoms with Crippen molar-refractivity contribution in [2.45, 2.75) is 51.7 Å². The number of likely N-dealkylation sites (tertiary alicyclic amines) is 1. The van der Waals surface area contributed by atoms with Gasteiger partial charge in [-0.3, -0.25) is 9.59 Å². The van der Waals surface area contributed by atoms with Crippen LogP contribution in [0.3, 0.4) is 0 Å². The number of nitrogens with one attached hydrogen (secondary N) is 1. The lowest BCUT2D eigenvalue weighted by Crippen LogP contribution is -2.52. The maximum absolute atomic E-state index is 12.6. The molecule has 1 saturated heterocycles. The van der Waals surface area contributed by atoms with E-state index >= 15 is 0 Å². The van der Waals surface area contributed by atoms with E-state index in [-0.39, 0.29) is 30.3 Å². The average molecular weight is 366 g/mol. The summed E-state index contributed by atoms with van der Waals surface area (Å²) in [5, 5.41) is 2.86. The Bertz CT molecular complexity index is 371. The van der Waals surface area contributed by atoms with E-state index in [1.54, 1.807) is 6.92 Å². The summed E-state index contributed by atoms with van der Waals surface area (Å²) in [5.74, 6) is -0.0780. The lowest BCUT2D eigenvalue weighted by atomic mass is 10.0. The molecule has 0 saturated carbocycles. The molecule has 7 nitrogen and oxygen atoms in total. The summed E-state index contributed by atoms with van der Waals surface area (Å²) in [4.78, 5) is 26.0. The van der Waals surface area contributed by atoms with Crippen LogP contribution in [-0.2, 0) is 19.1 Å². The molecule has 3 N–H and O–H groups in total. The molecule has 0 aromatic rings. The largest absolute Gasteiger partial charge is 0.379 e. The summed E-state index contributed by atoms with van der Waals surface area (Å²) in [5.41, 5.74) is 5.37. The number of carbonyl (C=O) groups is 2. The van der Waals surface area contributed by atoms with Crippen molar-refractivity contribution in [2.75, 3.05) is 39.5 Å². The number of ether oxygens (including phenoxy) is 2. The van der Waals surface area contributed by atoms with Crippen LogP contribution >= 0.6 is 12.4 Å². The van der Waals surface area contributed by atoms with Gasteiger partial charge in [0.2, 0.25) is 5.91 Å². The monoisotopic (exact) mass is 365 g/mol. The van der Waals surface area contributed by atoms with Gasteiger partial charge in [-0.2, -0.15) is 0 Å². The van der Waals surface area contributed by atoms with Crippen molar-refractivity contribution >= 4 is 24.2 Å². The van der Waals surface area contributed by atoms with Gasteiger partial charge in [0.05, 0.1) is 13.2 Å². The van der Waals surface area contributed by atoms with E-state index in [0.717, 1.165) is 25.8 Å². The first-order valence-electron chi connectivity index (χ1n) is 8.56. The smallest absolute Gasteiger partial charge is 0.251 e. The number of amides is 2. The van der Waals surface area contributed by atoms with Crippen molar-refractivity contribution in [1.82, 2.24) is 10.2 Å². The lowest BCUT2D eigenvalue weighted by molar-refractivity contribution is -0.147. The summed E-state index contributed by atoms with van der Waals surface area (Å²) < 4.78 is 10.8. The van der Waals surface area contributed by atoms with Gasteiger partial charge in [-0.1, -0.05) is 0 Å². The number of hydrogen-bond donors (Lipinski definition) is 2. The zero-order chi connectivity index (χ0) is 17.1. The second-order valence-corrected chi connectivity index (χ2v) is 5.73. The van der Waals surface area contributed by atoms with Gasteiger partial charge in [-0.05, 0) is 33.1 Å². The van der Waals surface area contributed by atoms with Gasteiger partial charge in [0, 0.05) is 38.7 Å². The Balaban J connectivity index is 0.00000529. The molecule has 142 valence electrons. The Labute approximate surface area is 151 Å². The van der Waals surface area contributed by atoms with Gasteiger partial charge < -0.3 is 25.4 Å². The fourth-order valence-corrected chi connectivity index (χ4v) is 2.69. The maximum atomic E-state index is 12.6. The number of rotatable bonds is 10. The standard InChI is InChI=1S/C16H31N3O4.ClH/c1-3-22-10-11-23-13(2)16(21)19-9-5-4-6-14(19)12-18-15(20)7-8-17;/h13-14H,3-12,17H2,1-2H3,(H,18,20);1H. The van der Waals surface area contributed by atoms with Crippen molar-refractivity contribution in [3.8, 4) is 0 Å². The molecule has 1 aliphatic rings. The third kappa shape index (κ3) is 8.28. The van der Waals surface area contributed by atoms with E-state index in [2.05, 4.69) is 5.32 Å². The highest BCUT2D eigenvalue weighted by atomic mass is 35.5. The molecular weight excluding hydrogens is 334 g/mol. The summed E-state index contributed by atoms with van der Waals surface area (Å²) >= 11 is 0. The molecule has 0 spiro atoms. The Morgan fingerprint density at radius 1 is 1.33 bits per heavy atom. The van der Waals surface area contributed by atoms with Crippen LogP contribution in [0.1, 0.15) is 39.5 Å². The van der Waals surface area contributed by atoms with Crippen molar-refractivity contribution in [3.05, 3.63) is 0 Å². The van der Waals surface area contributed by atoms with Crippen molar-refractivity contribution < 1.29 is 19.1 Å². The molecule has 1 aliphatic heterocycles. The van der Waals surface area contributed by atoms with E-state index in [0.29, 0.717) is 39.3 Å². The highest BCUT2D eigenvalue weighted by molar-refractivity contribution is 5.85. The van der Waals surface area contributed by atoms with Crippen LogP contribution in [0.15, 0.2) is 0 Å². The van der Waals surface area contributed by atoms with Crippen LogP contribution in [0.4, 0.5) is 0 Å². The van der Waals surface area contributed by atoms with Gasteiger partial charge in [0.15, 0.2) is 0 Å². The molecule has 1 heterocycles. The van der Waals surface area contributed by atoms with Gasteiger partial charge in [0.1, 0.15) is 6.10 Å². The third-order valence-electron chi connectivity index (χ3n) is 3.96. The molecule has 2 amide bonds. The average Bonchev–Trinajstić information content (AvgIpc) is 2.56. The molecular formula is C16H32ClN3O4. The Hall–Kier alpha value is -0.890. The normalized spacial score (nSPS) is 18.6. The molecule has 0 aromatic heterocycles. The fraction of sp³-hybridized carbons (Fsp3) is 0.875. The number of hydrogen-bond acceptors (Lipinski definition) is 5. The van der Waals surface area contributed by atoms with Crippen molar-refractivity contribution in [1.29, 1.82) is 0 Å². The van der Waals surface area contributed by atoms with E-state index in [9.17, 15) is 9.59 Å². The van der Waals surface area contributed by atoms with E-state index in [4.69, 9.17) is 15.2 Å². The minimum absolute atomic E-state index is 0. The van der Waals surface area contributed by atoms with Gasteiger partial charge in [0.25, 0.3) is 5.91 Å². The topological polar surface area (TPSA) is 93.9 Å². The molecule has 0 aromatic carbocycles. The summed E-state index contributed by atoms with van der Waals surface area (Å²) in [6, 6.07) is 0.0379. The predicted molar refractivity (Wildman–Crippen MR) is 95.2 cm³/mol. The van der Waals surface area contributed by atoms with E-state index in [1.165, 1.54) is 0 Å². The molecule has 24 heavy (non-hydrogen) atoms. The number of piperidine rings is 1. The quantitative estimate of drug-likeness (QED) is 0.556. The zero-order valence-electron chi connectivity index (χ0n) is 14.8. The Morgan fingerprint density at radius 3 is 2.75 bits per heavy atom. The van der Waals surface area contributed by atoms with Crippen LogP contribution < -0.4 is 11.1 Å². The van der Waals surface area contributed by atoms with E-state index < -0.39 is 6.10 Å². The van der Waals surface area contributed by atoms with Crippen LogP contribution in [-0.4, -0.2) is 68.3 Å². The molecule has 1 rings (SSSR count). The minimum atomic E-state index is -0.490. The van der Waals surface area contributed by atoms with Crippen LogP contribution in [0.2, 0.25) is 0 Å². The predicted octanol–water partition coefficient (Wildman–Crippen LogP) is 0.696. The van der Waals surface area contributed by atoms with Crippen LogP contribution in [0.25, 0.3) is 0 Å². The number of nitrogens with two attached hydrogens (primary N) is 1. The van der Waals surface area contributed by atoms with Crippen LogP contribution in [0.5, 0.6) is 0 Å². The fourth-order valence-electron chi connectivity index (χ4n) is 2.69. The highest BCUT2D eigenvalue weighted by Crippen LogP contribution is 2.18. The summed E-state index contributed by atoms with van der Waals surface area (Å²) in [6.45, 7) is 6.77. The summed E-state index contributed by atoms with van der Waals surface area (Å²) in [7, 11) is 0. The molecule has 2 atom stereocenters. The van der Waals surface area contributed by atoms with Gasteiger partial charge in [-0.25, -0.2) is 0 Å². The van der Waals surface area contributed by atoms with Gasteiger partial charge >= 0.3 is 0 Å². The summed E-state index contributed by atoms with van der Waals surface area (Å²) in [6.07, 6.45) is 2.79. The SMILES string of the molecule is CCOCCOC(C)C(=O)N1CCCCC1CNC(=O)CCN.Cl. The first kappa shape index (κ1) is 23.1. The number of nitrogens with zero attached hydrogens (tertiary/aromatic N) is 1. The maximum Gasteiger partial charge on any atom is 0.251 e. The zero-order valence-corrected chi connectivity index (χ0v) is 15.6.